The molecule has 0 bridgehead atoms. The fraction of sp³-hybridized carbons (Fsp3) is 0.111. The Balaban J connectivity index is 1.83. The third-order valence-corrected chi connectivity index (χ3v) is 4.37. The van der Waals surface area contributed by atoms with Gasteiger partial charge in [0.15, 0.2) is 0 Å². The Morgan fingerprint density at radius 3 is 2.57 bits per heavy atom. The van der Waals surface area contributed by atoms with Crippen molar-refractivity contribution in [1.29, 1.82) is 0 Å². The molecule has 116 valence electrons. The summed E-state index contributed by atoms with van der Waals surface area (Å²) < 4.78 is 5.33. The van der Waals surface area contributed by atoms with Crippen molar-refractivity contribution in [2.75, 3.05) is 7.11 Å². The molecule has 1 N–H and O–H groups in total. The molecule has 1 aromatic heterocycles. The van der Waals surface area contributed by atoms with Crippen molar-refractivity contribution in [3.8, 4) is 5.75 Å². The van der Waals surface area contributed by atoms with Crippen LogP contribution in [-0.4, -0.2) is 19.2 Å². The summed E-state index contributed by atoms with van der Waals surface area (Å²) in [4.78, 5) is 14.6. The highest BCUT2D eigenvalue weighted by molar-refractivity contribution is 7.13. The van der Waals surface area contributed by atoms with Crippen molar-refractivity contribution >= 4 is 34.2 Å². The summed E-state index contributed by atoms with van der Waals surface area (Å²) in [7, 11) is 1.55. The van der Waals surface area contributed by atoms with Gasteiger partial charge in [-0.25, -0.2) is 5.43 Å². The number of ether oxygens (including phenoxy) is 1. The molecule has 0 saturated carbocycles. The number of hydrogen-bond donors (Lipinski definition) is 1. The molecule has 3 aromatic rings. The van der Waals surface area contributed by atoms with Crippen molar-refractivity contribution in [2.45, 2.75) is 6.92 Å². The number of hydrogen-bond acceptors (Lipinski definition) is 4. The van der Waals surface area contributed by atoms with Gasteiger partial charge in [0, 0.05) is 9.75 Å². The predicted octanol–water partition coefficient (Wildman–Crippen LogP) is 3.98. The Bertz CT molecular complexity index is 884. The van der Waals surface area contributed by atoms with Gasteiger partial charge in [-0.3, -0.25) is 4.79 Å². The van der Waals surface area contributed by atoms with Gasteiger partial charge < -0.3 is 4.74 Å². The molecule has 0 unspecified atom stereocenters. The summed E-state index contributed by atoms with van der Waals surface area (Å²) in [6.45, 7) is 2.03. The minimum Gasteiger partial charge on any atom is -0.496 e. The van der Waals surface area contributed by atoms with Crippen molar-refractivity contribution in [1.82, 2.24) is 5.43 Å². The van der Waals surface area contributed by atoms with Crippen molar-refractivity contribution in [2.24, 2.45) is 5.10 Å². The molecule has 0 fully saturated rings. The third kappa shape index (κ3) is 3.40. The highest BCUT2D eigenvalue weighted by Gasteiger charge is 2.13. The second-order valence-electron chi connectivity index (χ2n) is 5.05. The Kier molecular flexibility index (Phi) is 4.39. The number of carbonyl (C=O) groups excluding carboxylic acids is 1. The van der Waals surface area contributed by atoms with E-state index in [-0.39, 0.29) is 5.91 Å². The van der Waals surface area contributed by atoms with Crippen LogP contribution in [-0.2, 0) is 0 Å². The van der Waals surface area contributed by atoms with Crippen LogP contribution in [0.1, 0.15) is 20.1 Å². The van der Waals surface area contributed by atoms with Crippen LogP contribution in [0.3, 0.4) is 0 Å². The van der Waals surface area contributed by atoms with Crippen molar-refractivity contribution < 1.29 is 9.53 Å². The second kappa shape index (κ2) is 6.62. The molecule has 4 nitrogen and oxygen atoms in total. The zero-order valence-corrected chi connectivity index (χ0v) is 13.7. The van der Waals surface area contributed by atoms with Crippen molar-refractivity contribution in [3.05, 3.63) is 63.8 Å². The van der Waals surface area contributed by atoms with E-state index in [4.69, 9.17) is 4.74 Å². The maximum Gasteiger partial charge on any atom is 0.275 e. The van der Waals surface area contributed by atoms with E-state index >= 15 is 0 Å². The summed E-state index contributed by atoms with van der Waals surface area (Å²) in [5.74, 6) is 0.237. The van der Waals surface area contributed by atoms with Crippen LogP contribution in [0.2, 0.25) is 0 Å². The quantitative estimate of drug-likeness (QED) is 0.583. The number of methoxy groups -OCH3 is 1. The monoisotopic (exact) mass is 324 g/mol. The van der Waals surface area contributed by atoms with E-state index in [1.165, 1.54) is 4.88 Å². The molecule has 1 heterocycles. The summed E-state index contributed by atoms with van der Waals surface area (Å²) in [5, 5.41) is 6.03. The van der Waals surface area contributed by atoms with Crippen LogP contribution in [0.25, 0.3) is 10.8 Å². The van der Waals surface area contributed by atoms with E-state index in [0.29, 0.717) is 11.3 Å². The van der Waals surface area contributed by atoms with Gasteiger partial charge in [0.2, 0.25) is 0 Å². The highest BCUT2D eigenvalue weighted by atomic mass is 32.1. The minimum absolute atomic E-state index is 0.294. The minimum atomic E-state index is -0.294. The van der Waals surface area contributed by atoms with Gasteiger partial charge in [-0.2, -0.15) is 5.10 Å². The first kappa shape index (κ1) is 15.2. The number of aryl methyl sites for hydroxylation is 1. The lowest BCUT2D eigenvalue weighted by atomic mass is 10.1. The maximum absolute atomic E-state index is 12.4. The molecule has 23 heavy (non-hydrogen) atoms. The van der Waals surface area contributed by atoms with Crippen molar-refractivity contribution in [3.63, 3.8) is 0 Å². The molecule has 0 aliphatic carbocycles. The third-order valence-electron chi connectivity index (χ3n) is 3.43. The summed E-state index contributed by atoms with van der Waals surface area (Å²) in [6, 6.07) is 15.5. The average molecular weight is 324 g/mol. The van der Waals surface area contributed by atoms with Crippen LogP contribution in [0.4, 0.5) is 0 Å². The first-order valence-electron chi connectivity index (χ1n) is 7.14. The summed E-state index contributed by atoms with van der Waals surface area (Å²) >= 11 is 1.62. The zero-order valence-electron chi connectivity index (χ0n) is 12.9. The van der Waals surface area contributed by atoms with Crippen LogP contribution < -0.4 is 10.2 Å². The summed E-state index contributed by atoms with van der Waals surface area (Å²) in [6.07, 6.45) is 1.64. The van der Waals surface area contributed by atoms with Gasteiger partial charge >= 0.3 is 0 Å². The average Bonchev–Trinajstić information content (AvgIpc) is 2.98. The molecule has 0 atom stereocenters. The SMILES string of the molecule is COc1cc2ccccc2cc1C(=O)NN=Cc1ccc(C)s1. The Labute approximate surface area is 138 Å². The van der Waals surface area contributed by atoms with Crippen LogP contribution in [0, 0.1) is 6.92 Å². The number of hydrazone groups is 1. The molecule has 0 spiro atoms. The molecule has 0 aliphatic rings. The summed E-state index contributed by atoms with van der Waals surface area (Å²) in [5.41, 5.74) is 3.02. The van der Waals surface area contributed by atoms with E-state index in [1.807, 2.05) is 55.5 Å². The fourth-order valence-corrected chi connectivity index (χ4v) is 3.05. The van der Waals surface area contributed by atoms with E-state index in [0.717, 1.165) is 15.6 Å². The lowest BCUT2D eigenvalue weighted by Gasteiger charge is -2.09. The number of thiophene rings is 1. The molecule has 1 amide bonds. The molecule has 2 aromatic carbocycles. The topological polar surface area (TPSA) is 50.7 Å². The van der Waals surface area contributed by atoms with E-state index in [1.54, 1.807) is 24.7 Å². The smallest absolute Gasteiger partial charge is 0.275 e. The van der Waals surface area contributed by atoms with Crippen LogP contribution >= 0.6 is 11.3 Å². The van der Waals surface area contributed by atoms with Gasteiger partial charge in [0.05, 0.1) is 18.9 Å². The molecular weight excluding hydrogens is 308 g/mol. The number of nitrogens with one attached hydrogen (secondary N) is 1. The van der Waals surface area contributed by atoms with E-state index in [9.17, 15) is 4.79 Å². The lowest BCUT2D eigenvalue weighted by molar-refractivity contribution is 0.0952. The number of fused-ring (bicyclic) bond motifs is 1. The number of rotatable bonds is 4. The molecule has 3 rings (SSSR count). The van der Waals surface area contributed by atoms with Gasteiger partial charge in [-0.05, 0) is 42.0 Å². The van der Waals surface area contributed by atoms with Gasteiger partial charge in [0.25, 0.3) is 5.91 Å². The number of carbonyl (C=O) groups is 1. The fourth-order valence-electron chi connectivity index (χ4n) is 2.30. The first-order chi connectivity index (χ1) is 11.2. The normalized spacial score (nSPS) is 11.0. The van der Waals surface area contributed by atoms with Gasteiger partial charge in [-0.15, -0.1) is 11.3 Å². The number of amides is 1. The van der Waals surface area contributed by atoms with Gasteiger partial charge in [-0.1, -0.05) is 24.3 Å². The largest absolute Gasteiger partial charge is 0.496 e. The Hall–Kier alpha value is -2.66. The van der Waals surface area contributed by atoms with Gasteiger partial charge in [0.1, 0.15) is 5.75 Å². The van der Waals surface area contributed by atoms with E-state index < -0.39 is 0 Å². The predicted molar refractivity (Wildman–Crippen MR) is 94.6 cm³/mol. The maximum atomic E-state index is 12.4. The standard InChI is InChI=1S/C18H16N2O2S/c1-12-7-8-15(23-12)11-19-20-18(21)16-9-13-5-3-4-6-14(13)10-17(16)22-2/h3-11H,1-2H3,(H,20,21). The molecular formula is C18H16N2O2S. The van der Waals surface area contributed by atoms with Crippen LogP contribution in [0.15, 0.2) is 53.6 Å². The first-order valence-corrected chi connectivity index (χ1v) is 7.95. The molecule has 0 radical (unpaired) electrons. The lowest BCUT2D eigenvalue weighted by Crippen LogP contribution is -2.18. The Morgan fingerprint density at radius 2 is 1.91 bits per heavy atom. The Morgan fingerprint density at radius 1 is 1.17 bits per heavy atom. The second-order valence-corrected chi connectivity index (χ2v) is 6.37. The molecule has 5 heteroatoms. The molecule has 0 saturated heterocycles. The zero-order chi connectivity index (χ0) is 16.2. The number of benzene rings is 2. The molecule has 0 aliphatic heterocycles. The highest BCUT2D eigenvalue weighted by Crippen LogP contribution is 2.25. The van der Waals surface area contributed by atoms with E-state index in [2.05, 4.69) is 10.5 Å². The number of nitrogens with zero attached hydrogens (tertiary/aromatic N) is 1. The van der Waals surface area contributed by atoms with Crippen LogP contribution in [0.5, 0.6) is 5.75 Å².